The molecule has 1 heterocycles. The molecule has 0 fully saturated rings. The van der Waals surface area contributed by atoms with Gasteiger partial charge in [-0.2, -0.15) is 0 Å². The van der Waals surface area contributed by atoms with Gasteiger partial charge in [0.05, 0.1) is 12.1 Å². The lowest BCUT2D eigenvalue weighted by molar-refractivity contribution is 0.191. The van der Waals surface area contributed by atoms with E-state index in [-0.39, 0.29) is 6.61 Å². The van der Waals surface area contributed by atoms with Crippen molar-refractivity contribution in [3.8, 4) is 0 Å². The number of hydrogen-bond acceptors (Lipinski definition) is 4. The lowest BCUT2D eigenvalue weighted by Crippen LogP contribution is -2.27. The van der Waals surface area contributed by atoms with Crippen molar-refractivity contribution >= 4 is 16.6 Å². The molecule has 102 valence electrons. The Balaban J connectivity index is 2.31. The number of hydrogen-bond donors (Lipinski definition) is 2. The molecule has 0 amide bonds. The molecule has 0 atom stereocenters. The van der Waals surface area contributed by atoms with E-state index in [1.54, 1.807) is 6.20 Å². The number of benzene rings is 1. The lowest BCUT2D eigenvalue weighted by atomic mass is 10.1. The van der Waals surface area contributed by atoms with Gasteiger partial charge in [0, 0.05) is 30.4 Å². The average Bonchev–Trinajstić information content (AvgIpc) is 2.43. The Labute approximate surface area is 113 Å². The lowest BCUT2D eigenvalue weighted by Gasteiger charge is -2.21. The second-order valence-corrected chi connectivity index (χ2v) is 4.71. The fourth-order valence-corrected chi connectivity index (χ4v) is 2.35. The van der Waals surface area contributed by atoms with E-state index >= 15 is 0 Å². The molecule has 4 nitrogen and oxygen atoms in total. The second kappa shape index (κ2) is 6.50. The van der Waals surface area contributed by atoms with Gasteiger partial charge in [-0.05, 0) is 36.7 Å². The minimum atomic E-state index is 0.181. The molecule has 0 unspecified atom stereocenters. The number of rotatable bonds is 6. The van der Waals surface area contributed by atoms with E-state index in [1.165, 1.54) is 0 Å². The van der Waals surface area contributed by atoms with Crippen LogP contribution in [0.25, 0.3) is 10.9 Å². The van der Waals surface area contributed by atoms with Crippen LogP contribution in [0.4, 0.5) is 5.69 Å². The summed E-state index contributed by atoms with van der Waals surface area (Å²) >= 11 is 0. The van der Waals surface area contributed by atoms with Crippen LogP contribution in [-0.4, -0.2) is 34.7 Å². The Bertz CT molecular complexity index is 536. The molecule has 2 aromatic rings. The van der Waals surface area contributed by atoms with Gasteiger partial charge < -0.3 is 10.8 Å². The summed E-state index contributed by atoms with van der Waals surface area (Å²) in [5.41, 5.74) is 8.86. The number of aliphatic hydroxyl groups is 1. The summed E-state index contributed by atoms with van der Waals surface area (Å²) < 4.78 is 0. The molecule has 0 saturated carbocycles. The van der Waals surface area contributed by atoms with Crippen LogP contribution in [0.2, 0.25) is 0 Å². The molecule has 0 bridgehead atoms. The molecular formula is C15H21N3O. The van der Waals surface area contributed by atoms with Crippen LogP contribution >= 0.6 is 0 Å². The summed E-state index contributed by atoms with van der Waals surface area (Å²) in [6.45, 7) is 4.78. The number of aromatic nitrogens is 1. The van der Waals surface area contributed by atoms with Gasteiger partial charge in [0.1, 0.15) is 0 Å². The number of pyridine rings is 1. The first-order chi connectivity index (χ1) is 9.26. The fraction of sp³-hybridized carbons (Fsp3) is 0.400. The SMILES string of the molecule is CCCN(CCO)Cc1ccc(N)c2cccnc12. The molecular weight excluding hydrogens is 238 g/mol. The Kier molecular flexibility index (Phi) is 4.71. The van der Waals surface area contributed by atoms with Crippen molar-refractivity contribution in [1.29, 1.82) is 0 Å². The fourth-order valence-electron chi connectivity index (χ4n) is 2.35. The van der Waals surface area contributed by atoms with E-state index in [0.717, 1.165) is 41.7 Å². The Morgan fingerprint density at radius 3 is 2.84 bits per heavy atom. The number of nitrogens with two attached hydrogens (primary N) is 1. The molecule has 3 N–H and O–H groups in total. The quantitative estimate of drug-likeness (QED) is 0.779. The van der Waals surface area contributed by atoms with E-state index < -0.39 is 0 Å². The molecule has 4 heteroatoms. The molecule has 0 aliphatic heterocycles. The van der Waals surface area contributed by atoms with Crippen molar-refractivity contribution in [2.75, 3.05) is 25.4 Å². The summed E-state index contributed by atoms with van der Waals surface area (Å²) in [5.74, 6) is 0. The summed E-state index contributed by atoms with van der Waals surface area (Å²) in [5, 5.41) is 10.1. The van der Waals surface area contributed by atoms with Crippen LogP contribution in [0.5, 0.6) is 0 Å². The number of aliphatic hydroxyl groups excluding tert-OH is 1. The summed E-state index contributed by atoms with van der Waals surface area (Å²) in [6, 6.07) is 7.87. The minimum absolute atomic E-state index is 0.181. The van der Waals surface area contributed by atoms with E-state index in [0.29, 0.717) is 6.54 Å². The van der Waals surface area contributed by atoms with E-state index in [4.69, 9.17) is 10.8 Å². The van der Waals surface area contributed by atoms with Gasteiger partial charge in [0.2, 0.25) is 0 Å². The van der Waals surface area contributed by atoms with Crippen LogP contribution in [0.1, 0.15) is 18.9 Å². The van der Waals surface area contributed by atoms with Gasteiger partial charge in [-0.1, -0.05) is 13.0 Å². The van der Waals surface area contributed by atoms with E-state index in [2.05, 4.69) is 16.8 Å². The standard InChI is InChI=1S/C15H21N3O/c1-2-8-18(9-10-19)11-12-5-6-14(16)13-4-3-7-17-15(12)13/h3-7,19H,2,8-11,16H2,1H3. The molecule has 0 aliphatic rings. The third-order valence-corrected chi connectivity index (χ3v) is 3.24. The highest BCUT2D eigenvalue weighted by Gasteiger charge is 2.09. The zero-order valence-corrected chi connectivity index (χ0v) is 11.3. The third-order valence-electron chi connectivity index (χ3n) is 3.24. The first-order valence-corrected chi connectivity index (χ1v) is 6.71. The van der Waals surface area contributed by atoms with E-state index in [9.17, 15) is 0 Å². The zero-order chi connectivity index (χ0) is 13.7. The van der Waals surface area contributed by atoms with Crippen LogP contribution < -0.4 is 5.73 Å². The highest BCUT2D eigenvalue weighted by atomic mass is 16.3. The smallest absolute Gasteiger partial charge is 0.0767 e. The molecule has 1 aromatic carbocycles. The van der Waals surface area contributed by atoms with Gasteiger partial charge in [-0.25, -0.2) is 0 Å². The topological polar surface area (TPSA) is 62.4 Å². The van der Waals surface area contributed by atoms with E-state index in [1.807, 2.05) is 24.3 Å². The average molecular weight is 259 g/mol. The van der Waals surface area contributed by atoms with Crippen molar-refractivity contribution in [1.82, 2.24) is 9.88 Å². The van der Waals surface area contributed by atoms with Crippen LogP contribution in [0, 0.1) is 0 Å². The van der Waals surface area contributed by atoms with Crippen molar-refractivity contribution in [3.63, 3.8) is 0 Å². The minimum Gasteiger partial charge on any atom is -0.398 e. The number of nitrogen functional groups attached to an aromatic ring is 1. The molecule has 19 heavy (non-hydrogen) atoms. The van der Waals surface area contributed by atoms with Gasteiger partial charge in [-0.15, -0.1) is 0 Å². The highest BCUT2D eigenvalue weighted by Crippen LogP contribution is 2.23. The Hall–Kier alpha value is -1.65. The van der Waals surface area contributed by atoms with Gasteiger partial charge in [0.15, 0.2) is 0 Å². The first kappa shape index (κ1) is 13.8. The summed E-state index contributed by atoms with van der Waals surface area (Å²) in [7, 11) is 0. The van der Waals surface area contributed by atoms with Gasteiger partial charge in [0.25, 0.3) is 0 Å². The van der Waals surface area contributed by atoms with Crippen LogP contribution in [0.15, 0.2) is 30.5 Å². The molecule has 0 spiro atoms. The Morgan fingerprint density at radius 1 is 1.26 bits per heavy atom. The zero-order valence-electron chi connectivity index (χ0n) is 11.3. The van der Waals surface area contributed by atoms with Crippen molar-refractivity contribution in [2.24, 2.45) is 0 Å². The molecule has 2 rings (SSSR count). The number of nitrogens with zero attached hydrogens (tertiary/aromatic N) is 2. The van der Waals surface area contributed by atoms with Crippen LogP contribution in [0.3, 0.4) is 0 Å². The van der Waals surface area contributed by atoms with Gasteiger partial charge in [-0.3, -0.25) is 9.88 Å². The summed E-state index contributed by atoms with van der Waals surface area (Å²) in [6.07, 6.45) is 2.86. The maximum atomic E-state index is 9.12. The Morgan fingerprint density at radius 2 is 2.11 bits per heavy atom. The molecule has 0 radical (unpaired) electrons. The highest BCUT2D eigenvalue weighted by molar-refractivity contribution is 5.92. The van der Waals surface area contributed by atoms with Gasteiger partial charge >= 0.3 is 0 Å². The molecule has 0 aliphatic carbocycles. The number of anilines is 1. The molecule has 1 aromatic heterocycles. The predicted octanol–water partition coefficient (Wildman–Crippen LogP) is 2.02. The van der Waals surface area contributed by atoms with Crippen molar-refractivity contribution in [3.05, 3.63) is 36.0 Å². The maximum Gasteiger partial charge on any atom is 0.0767 e. The van der Waals surface area contributed by atoms with Crippen molar-refractivity contribution < 1.29 is 5.11 Å². The predicted molar refractivity (Wildman–Crippen MR) is 78.8 cm³/mol. The number of fused-ring (bicyclic) bond motifs is 1. The maximum absolute atomic E-state index is 9.12. The molecule has 0 saturated heterocycles. The third kappa shape index (κ3) is 3.22. The van der Waals surface area contributed by atoms with Crippen molar-refractivity contribution in [2.45, 2.75) is 19.9 Å². The monoisotopic (exact) mass is 259 g/mol. The normalized spacial score (nSPS) is 11.3. The second-order valence-electron chi connectivity index (χ2n) is 4.71. The van der Waals surface area contributed by atoms with Crippen LogP contribution in [-0.2, 0) is 6.54 Å². The largest absolute Gasteiger partial charge is 0.398 e. The summed E-state index contributed by atoms with van der Waals surface area (Å²) in [4.78, 5) is 6.68. The first-order valence-electron chi connectivity index (χ1n) is 6.71.